The summed E-state index contributed by atoms with van der Waals surface area (Å²) in [4.78, 5) is 0. The zero-order valence-corrected chi connectivity index (χ0v) is 18.3. The average Bonchev–Trinajstić information content (AvgIpc) is 2.69. The van der Waals surface area contributed by atoms with Crippen molar-refractivity contribution in [3.05, 3.63) is 91.0 Å². The van der Waals surface area contributed by atoms with E-state index in [9.17, 15) is 26.3 Å². The largest absolute Gasteiger partial charge is 0.423 e. The third-order valence-electron chi connectivity index (χ3n) is 3.66. The zero-order valence-electron chi connectivity index (χ0n) is 15.2. The van der Waals surface area contributed by atoms with Crippen LogP contribution in [-0.4, -0.2) is 23.6 Å². The third-order valence-corrected chi connectivity index (χ3v) is 6.11. The van der Waals surface area contributed by atoms with Crippen molar-refractivity contribution < 1.29 is 53.8 Å². The Morgan fingerprint density at radius 2 is 0.767 bits per heavy atom. The van der Waals surface area contributed by atoms with Crippen LogP contribution in [0.15, 0.2) is 91.0 Å². The standard InChI is InChI=1S/C18H15P.C3H2F6O.Au/c1-4-10-16(11-5-1)19(17-12-6-2-7-13-17)18-14-8-3-9-15-18;4-2(5,6)1(10)3(7,8)9;/h1-15H;1,10H;. The van der Waals surface area contributed by atoms with Crippen LogP contribution in [0.4, 0.5) is 26.3 Å². The molecule has 0 heterocycles. The molecule has 0 aliphatic rings. The van der Waals surface area contributed by atoms with Crippen molar-refractivity contribution in [2.45, 2.75) is 18.5 Å². The van der Waals surface area contributed by atoms with E-state index in [1.165, 1.54) is 15.9 Å². The third kappa shape index (κ3) is 7.89. The van der Waals surface area contributed by atoms with Crippen LogP contribution in [0.3, 0.4) is 0 Å². The molecule has 0 saturated carbocycles. The monoisotopic (exact) mass is 627 g/mol. The van der Waals surface area contributed by atoms with Gasteiger partial charge in [0.25, 0.3) is 0 Å². The molecule has 30 heavy (non-hydrogen) atoms. The number of rotatable bonds is 3. The number of hydrogen-bond acceptors (Lipinski definition) is 1. The van der Waals surface area contributed by atoms with Gasteiger partial charge in [-0.1, -0.05) is 91.0 Å². The molecule has 0 fully saturated rings. The van der Waals surface area contributed by atoms with Gasteiger partial charge in [-0.15, -0.1) is 0 Å². The van der Waals surface area contributed by atoms with E-state index in [4.69, 9.17) is 5.11 Å². The van der Waals surface area contributed by atoms with Crippen molar-refractivity contribution in [3.8, 4) is 0 Å². The van der Waals surface area contributed by atoms with E-state index < -0.39 is 26.4 Å². The van der Waals surface area contributed by atoms with Crippen LogP contribution in [0.1, 0.15) is 0 Å². The van der Waals surface area contributed by atoms with Gasteiger partial charge in [-0.2, -0.15) is 26.3 Å². The fourth-order valence-electron chi connectivity index (χ4n) is 2.36. The molecule has 0 saturated heterocycles. The SMILES string of the molecule is OC(C(F)(F)F)C(F)(F)F.[Au].c1ccc(P(c2ccccc2)c2ccccc2)cc1. The van der Waals surface area contributed by atoms with E-state index >= 15 is 0 Å². The van der Waals surface area contributed by atoms with Crippen LogP contribution >= 0.6 is 7.92 Å². The minimum absolute atomic E-state index is 0. The predicted molar refractivity (Wildman–Crippen MR) is 103 cm³/mol. The van der Waals surface area contributed by atoms with E-state index in [2.05, 4.69) is 91.0 Å². The van der Waals surface area contributed by atoms with Crippen LogP contribution in [0, 0.1) is 0 Å². The van der Waals surface area contributed by atoms with Gasteiger partial charge in [-0.25, -0.2) is 0 Å². The number of aliphatic hydroxyl groups excluding tert-OH is 1. The molecule has 0 aliphatic carbocycles. The normalized spacial score (nSPS) is 11.5. The summed E-state index contributed by atoms with van der Waals surface area (Å²) in [7, 11) is -0.446. The summed E-state index contributed by atoms with van der Waals surface area (Å²) in [5.74, 6) is 0. The summed E-state index contributed by atoms with van der Waals surface area (Å²) in [6.45, 7) is 0. The van der Waals surface area contributed by atoms with Gasteiger partial charge in [-0.3, -0.25) is 0 Å². The second kappa shape index (κ2) is 11.7. The molecule has 3 rings (SSSR count). The van der Waals surface area contributed by atoms with Crippen LogP contribution in [0.25, 0.3) is 0 Å². The first kappa shape index (κ1) is 26.4. The number of alkyl halides is 6. The maximum Gasteiger partial charge on any atom is 0.423 e. The van der Waals surface area contributed by atoms with Gasteiger partial charge in [0.1, 0.15) is 0 Å². The first-order chi connectivity index (χ1) is 13.6. The maximum absolute atomic E-state index is 11.0. The van der Waals surface area contributed by atoms with Crippen molar-refractivity contribution >= 4 is 23.8 Å². The van der Waals surface area contributed by atoms with Crippen LogP contribution < -0.4 is 15.9 Å². The van der Waals surface area contributed by atoms with Crippen molar-refractivity contribution in [2.24, 2.45) is 0 Å². The summed E-state index contributed by atoms with van der Waals surface area (Å²) in [6, 6.07) is 32.3. The van der Waals surface area contributed by atoms with Gasteiger partial charge >= 0.3 is 12.4 Å². The molecule has 0 bridgehead atoms. The quantitative estimate of drug-likeness (QED) is 0.249. The smallest absolute Gasteiger partial charge is 0.377 e. The van der Waals surface area contributed by atoms with Gasteiger partial charge < -0.3 is 5.11 Å². The van der Waals surface area contributed by atoms with E-state index in [0.29, 0.717) is 0 Å². The fraction of sp³-hybridized carbons (Fsp3) is 0.143. The van der Waals surface area contributed by atoms with Crippen molar-refractivity contribution in [3.63, 3.8) is 0 Å². The van der Waals surface area contributed by atoms with Crippen molar-refractivity contribution in [1.29, 1.82) is 0 Å². The molecule has 165 valence electrons. The Kier molecular flexibility index (Phi) is 10.3. The summed E-state index contributed by atoms with van der Waals surface area (Å²) >= 11 is 0. The average molecular weight is 627 g/mol. The Hall–Kier alpha value is -1.63. The number of halogens is 6. The van der Waals surface area contributed by atoms with E-state index in [0.717, 1.165) is 0 Å². The Morgan fingerprint density at radius 3 is 0.933 bits per heavy atom. The molecule has 1 radical (unpaired) electrons. The van der Waals surface area contributed by atoms with Crippen molar-refractivity contribution in [2.75, 3.05) is 0 Å². The van der Waals surface area contributed by atoms with Crippen molar-refractivity contribution in [1.82, 2.24) is 0 Å². The summed E-state index contributed by atoms with van der Waals surface area (Å²) < 4.78 is 65.9. The Labute approximate surface area is 187 Å². The molecule has 0 amide bonds. The number of hydrogen-bond donors (Lipinski definition) is 1. The second-order valence-corrected chi connectivity index (χ2v) is 8.05. The van der Waals surface area contributed by atoms with E-state index in [-0.39, 0.29) is 22.4 Å². The maximum atomic E-state index is 11.0. The molecular weight excluding hydrogens is 610 g/mol. The van der Waals surface area contributed by atoms with Gasteiger partial charge in [0.05, 0.1) is 0 Å². The Bertz CT molecular complexity index is 750. The Morgan fingerprint density at radius 1 is 0.533 bits per heavy atom. The first-order valence-electron chi connectivity index (χ1n) is 8.37. The second-order valence-electron chi connectivity index (χ2n) is 5.83. The van der Waals surface area contributed by atoms with Gasteiger partial charge in [0.2, 0.25) is 6.10 Å². The first-order valence-corrected chi connectivity index (χ1v) is 9.71. The predicted octanol–water partition coefficient (Wildman–Crippen LogP) is 4.91. The number of aliphatic hydroxyl groups is 1. The van der Waals surface area contributed by atoms with Crippen LogP contribution in [0.2, 0.25) is 0 Å². The van der Waals surface area contributed by atoms with Gasteiger partial charge in [0, 0.05) is 22.4 Å². The molecule has 9 heteroatoms. The fourth-order valence-corrected chi connectivity index (χ4v) is 4.67. The molecule has 3 aromatic rings. The molecule has 0 unspecified atom stereocenters. The van der Waals surface area contributed by atoms with Gasteiger partial charge in [-0.05, 0) is 23.8 Å². The van der Waals surface area contributed by atoms with Gasteiger partial charge in [0.15, 0.2) is 0 Å². The minimum atomic E-state index is -5.63. The molecule has 1 nitrogen and oxygen atoms in total. The van der Waals surface area contributed by atoms with Crippen LogP contribution in [0.5, 0.6) is 0 Å². The topological polar surface area (TPSA) is 20.2 Å². The summed E-state index contributed by atoms with van der Waals surface area (Å²) in [6.07, 6.45) is -15.5. The molecular formula is C21H17AuF6OP. The zero-order chi connectivity index (χ0) is 21.5. The number of benzene rings is 3. The minimum Gasteiger partial charge on any atom is -0.377 e. The molecule has 0 spiro atoms. The molecule has 3 aromatic carbocycles. The van der Waals surface area contributed by atoms with E-state index in [1.54, 1.807) is 0 Å². The van der Waals surface area contributed by atoms with E-state index in [1.807, 2.05) is 0 Å². The molecule has 0 aliphatic heterocycles. The van der Waals surface area contributed by atoms with Crippen LogP contribution in [-0.2, 0) is 22.4 Å². The molecule has 1 N–H and O–H groups in total. The molecule has 0 aromatic heterocycles. The summed E-state index contributed by atoms with van der Waals surface area (Å²) in [5, 5.41) is 11.7. The summed E-state index contributed by atoms with van der Waals surface area (Å²) in [5.41, 5.74) is 0. The Balaban J connectivity index is 0.000000354. The molecule has 0 atom stereocenters.